The van der Waals surface area contributed by atoms with Crippen LogP contribution in [0.3, 0.4) is 0 Å². The summed E-state index contributed by atoms with van der Waals surface area (Å²) >= 11 is 0. The van der Waals surface area contributed by atoms with Gasteiger partial charge in [0.1, 0.15) is 5.75 Å². The van der Waals surface area contributed by atoms with Gasteiger partial charge in [0.2, 0.25) is 10.0 Å². The van der Waals surface area contributed by atoms with E-state index in [9.17, 15) is 13.2 Å². The van der Waals surface area contributed by atoms with E-state index in [1.54, 1.807) is 33.5 Å². The predicted molar refractivity (Wildman–Crippen MR) is 132 cm³/mol. The molecule has 6 nitrogen and oxygen atoms in total. The Bertz CT molecular complexity index is 1120. The lowest BCUT2D eigenvalue weighted by Gasteiger charge is -2.26. The summed E-state index contributed by atoms with van der Waals surface area (Å²) in [5.41, 5.74) is 2.08. The molecule has 1 saturated heterocycles. The van der Waals surface area contributed by atoms with E-state index in [4.69, 9.17) is 4.74 Å². The molecule has 0 N–H and O–H groups in total. The zero-order chi connectivity index (χ0) is 23.8. The van der Waals surface area contributed by atoms with E-state index in [0.29, 0.717) is 31.9 Å². The Labute approximate surface area is 201 Å². The number of ether oxygens (including phenoxy) is 1. The van der Waals surface area contributed by atoms with E-state index in [1.165, 1.54) is 0 Å². The lowest BCUT2D eigenvalue weighted by molar-refractivity contribution is -0.134. The van der Waals surface area contributed by atoms with Gasteiger partial charge in [-0.15, -0.1) is 0 Å². The monoisotopic (exact) mass is 478 g/mol. The molecule has 0 radical (unpaired) electrons. The van der Waals surface area contributed by atoms with Gasteiger partial charge >= 0.3 is 0 Å². The largest absolute Gasteiger partial charge is 0.484 e. The zero-order valence-electron chi connectivity index (χ0n) is 19.2. The summed E-state index contributed by atoms with van der Waals surface area (Å²) in [6, 6.07) is 26.0. The summed E-state index contributed by atoms with van der Waals surface area (Å²) in [5, 5.41) is 0. The van der Waals surface area contributed by atoms with E-state index < -0.39 is 10.0 Å². The van der Waals surface area contributed by atoms with Crippen molar-refractivity contribution >= 4 is 15.9 Å². The summed E-state index contributed by atoms with van der Waals surface area (Å²) < 4.78 is 32.9. The van der Waals surface area contributed by atoms with Crippen molar-refractivity contribution in [1.29, 1.82) is 0 Å². The first-order valence-electron chi connectivity index (χ1n) is 11.6. The van der Waals surface area contributed by atoms with Crippen LogP contribution in [-0.4, -0.2) is 43.2 Å². The van der Waals surface area contributed by atoms with E-state index in [1.807, 2.05) is 60.7 Å². The van der Waals surface area contributed by atoms with Crippen LogP contribution in [0, 0.1) is 0 Å². The van der Waals surface area contributed by atoms with Crippen LogP contribution in [-0.2, 0) is 27.9 Å². The van der Waals surface area contributed by atoms with Crippen molar-refractivity contribution in [3.05, 3.63) is 96.1 Å². The number of benzene rings is 3. The average Bonchev–Trinajstić information content (AvgIpc) is 2.89. The van der Waals surface area contributed by atoms with Crippen molar-refractivity contribution in [3.63, 3.8) is 0 Å². The minimum Gasteiger partial charge on any atom is -0.484 e. The fourth-order valence-corrected chi connectivity index (χ4v) is 5.56. The first-order chi connectivity index (χ1) is 16.5. The molecule has 0 bridgehead atoms. The summed E-state index contributed by atoms with van der Waals surface area (Å²) in [6.45, 7) is 1.95. The molecule has 178 valence electrons. The third-order valence-electron chi connectivity index (χ3n) is 5.92. The Morgan fingerprint density at radius 2 is 1.29 bits per heavy atom. The fraction of sp³-hybridized carbons (Fsp3) is 0.296. The molecule has 1 aliphatic heterocycles. The Morgan fingerprint density at radius 1 is 0.765 bits per heavy atom. The maximum Gasteiger partial charge on any atom is 0.261 e. The molecule has 0 aliphatic carbocycles. The third-order valence-corrected chi connectivity index (χ3v) is 7.84. The predicted octanol–water partition coefficient (Wildman–Crippen LogP) is 4.47. The summed E-state index contributed by atoms with van der Waals surface area (Å²) in [4.78, 5) is 15.1. The van der Waals surface area contributed by atoms with Gasteiger partial charge in [0.15, 0.2) is 6.61 Å². The number of carbonyl (C=O) groups excluding carboxylic acids is 1. The zero-order valence-corrected chi connectivity index (χ0v) is 20.0. The quantitative estimate of drug-likeness (QED) is 0.455. The molecule has 0 saturated carbocycles. The molecule has 4 rings (SSSR count). The summed E-state index contributed by atoms with van der Waals surface area (Å²) in [5.74, 6) is 0.322. The van der Waals surface area contributed by atoms with Gasteiger partial charge in [-0.2, -0.15) is 4.31 Å². The minimum absolute atomic E-state index is 0.127. The summed E-state index contributed by atoms with van der Waals surface area (Å²) in [7, 11) is -3.49. The first kappa shape index (κ1) is 24.0. The van der Waals surface area contributed by atoms with E-state index in [0.717, 1.165) is 30.4 Å². The molecule has 0 spiro atoms. The highest BCUT2D eigenvalue weighted by Gasteiger charge is 2.25. The van der Waals surface area contributed by atoms with Gasteiger partial charge in [0, 0.05) is 26.2 Å². The van der Waals surface area contributed by atoms with Crippen molar-refractivity contribution in [2.24, 2.45) is 0 Å². The van der Waals surface area contributed by atoms with Gasteiger partial charge in [-0.25, -0.2) is 8.42 Å². The second kappa shape index (κ2) is 11.3. The average molecular weight is 479 g/mol. The first-order valence-corrected chi connectivity index (χ1v) is 13.0. The third kappa shape index (κ3) is 6.24. The maximum atomic E-state index is 13.1. The smallest absolute Gasteiger partial charge is 0.261 e. The lowest BCUT2D eigenvalue weighted by atomic mass is 10.1. The standard InChI is InChI=1S/C27H30N2O4S/c30-27(28(20-23-10-4-1-5-11-23)21-24-12-6-2-7-13-24)22-33-25-14-16-26(17-15-25)34(31,32)29-18-8-3-9-19-29/h1-2,4-7,10-17H,3,8-9,18-22H2. The van der Waals surface area contributed by atoms with Crippen LogP contribution >= 0.6 is 0 Å². The number of amides is 1. The van der Waals surface area contributed by atoms with Crippen molar-refractivity contribution in [1.82, 2.24) is 9.21 Å². The highest BCUT2D eigenvalue weighted by Crippen LogP contribution is 2.23. The SMILES string of the molecule is O=C(COc1ccc(S(=O)(=O)N2CCCCC2)cc1)N(Cc1ccccc1)Cc1ccccc1. The van der Waals surface area contributed by atoms with Crippen molar-refractivity contribution < 1.29 is 17.9 Å². The maximum absolute atomic E-state index is 13.1. The minimum atomic E-state index is -3.49. The van der Waals surface area contributed by atoms with Crippen LogP contribution in [0.25, 0.3) is 0 Å². The molecule has 0 aromatic heterocycles. The number of sulfonamides is 1. The number of rotatable bonds is 9. The molecule has 0 atom stereocenters. The number of hydrogen-bond donors (Lipinski definition) is 0. The number of carbonyl (C=O) groups is 1. The molecule has 1 amide bonds. The molecule has 1 heterocycles. The highest BCUT2D eigenvalue weighted by atomic mass is 32.2. The van der Waals surface area contributed by atoms with E-state index in [-0.39, 0.29) is 17.4 Å². The van der Waals surface area contributed by atoms with Crippen LogP contribution in [0.15, 0.2) is 89.8 Å². The van der Waals surface area contributed by atoms with Gasteiger partial charge in [0.05, 0.1) is 4.90 Å². The molecule has 7 heteroatoms. The molecule has 3 aromatic rings. The number of hydrogen-bond acceptors (Lipinski definition) is 4. The van der Waals surface area contributed by atoms with Crippen LogP contribution in [0.2, 0.25) is 0 Å². The van der Waals surface area contributed by atoms with Gasteiger partial charge < -0.3 is 9.64 Å². The van der Waals surface area contributed by atoms with Gasteiger partial charge in [-0.1, -0.05) is 67.1 Å². The van der Waals surface area contributed by atoms with Gasteiger partial charge in [0.25, 0.3) is 5.91 Å². The molecule has 0 unspecified atom stereocenters. The Balaban J connectivity index is 1.40. The Hall–Kier alpha value is -3.16. The van der Waals surface area contributed by atoms with Gasteiger partial charge in [-0.3, -0.25) is 4.79 Å². The molecule has 1 aliphatic rings. The van der Waals surface area contributed by atoms with Crippen molar-refractivity contribution in [2.45, 2.75) is 37.2 Å². The molecular weight excluding hydrogens is 448 g/mol. The van der Waals surface area contributed by atoms with Crippen LogP contribution in [0.5, 0.6) is 5.75 Å². The molecule has 34 heavy (non-hydrogen) atoms. The van der Waals surface area contributed by atoms with Crippen LogP contribution in [0.1, 0.15) is 30.4 Å². The summed E-state index contributed by atoms with van der Waals surface area (Å²) in [6.07, 6.45) is 2.86. The topological polar surface area (TPSA) is 66.9 Å². The second-order valence-corrected chi connectivity index (χ2v) is 10.4. The Morgan fingerprint density at radius 3 is 1.82 bits per heavy atom. The lowest BCUT2D eigenvalue weighted by Crippen LogP contribution is -2.35. The van der Waals surface area contributed by atoms with Crippen LogP contribution < -0.4 is 4.74 Å². The normalized spacial score (nSPS) is 14.5. The molecule has 1 fully saturated rings. The van der Waals surface area contributed by atoms with Crippen LogP contribution in [0.4, 0.5) is 0 Å². The van der Waals surface area contributed by atoms with E-state index in [2.05, 4.69) is 0 Å². The van der Waals surface area contributed by atoms with E-state index >= 15 is 0 Å². The highest BCUT2D eigenvalue weighted by molar-refractivity contribution is 7.89. The van der Waals surface area contributed by atoms with Crippen molar-refractivity contribution in [3.8, 4) is 5.75 Å². The number of piperidine rings is 1. The number of nitrogens with zero attached hydrogens (tertiary/aromatic N) is 2. The second-order valence-electron chi connectivity index (χ2n) is 8.45. The molecular formula is C27H30N2O4S. The van der Waals surface area contributed by atoms with Gasteiger partial charge in [-0.05, 0) is 48.2 Å². The molecule has 3 aromatic carbocycles. The fourth-order valence-electron chi connectivity index (χ4n) is 4.04. The Kier molecular flexibility index (Phi) is 7.98. The van der Waals surface area contributed by atoms with Crippen molar-refractivity contribution in [2.75, 3.05) is 19.7 Å².